The molecule has 2 N–H and O–H groups in total. The molecule has 142 valence electrons. The second-order valence-electron chi connectivity index (χ2n) is 7.36. The molecular weight excluding hydrogens is 349 g/mol. The monoisotopic (exact) mass is 381 g/mol. The highest BCUT2D eigenvalue weighted by Gasteiger charge is 2.33. The molecule has 0 saturated carbocycles. The Balaban J connectivity index is 0.00000144. The maximum Gasteiger partial charge on any atom is 0.239 e. The molecule has 0 aliphatic carbocycles. The molecule has 7 heteroatoms. The maximum absolute atomic E-state index is 12.6. The number of β-amino-alcohol motifs (C(OH)–C–C–N with tert-alkyl or cyclic N) is 1. The maximum atomic E-state index is 12.6. The van der Waals surface area contributed by atoms with Crippen LogP contribution in [0.3, 0.4) is 0 Å². The molecular formula is C17H33Cl2N3O2. The van der Waals surface area contributed by atoms with Crippen molar-refractivity contribution >= 4 is 30.7 Å². The van der Waals surface area contributed by atoms with Crippen molar-refractivity contribution in [3.8, 4) is 0 Å². The van der Waals surface area contributed by atoms with E-state index >= 15 is 0 Å². The first-order valence-electron chi connectivity index (χ1n) is 9.15. The third kappa shape index (κ3) is 6.03. The summed E-state index contributed by atoms with van der Waals surface area (Å²) in [7, 11) is 0. The van der Waals surface area contributed by atoms with Crippen LogP contribution in [0.4, 0.5) is 0 Å². The third-order valence-corrected chi connectivity index (χ3v) is 5.45. The number of aliphatic hydroxyl groups is 1. The van der Waals surface area contributed by atoms with Crippen molar-refractivity contribution in [1.82, 2.24) is 15.1 Å². The summed E-state index contributed by atoms with van der Waals surface area (Å²) in [6, 6.07) is -0.160. The van der Waals surface area contributed by atoms with Crippen LogP contribution in [0.5, 0.6) is 0 Å². The molecule has 0 spiro atoms. The van der Waals surface area contributed by atoms with E-state index in [4.69, 9.17) is 0 Å². The van der Waals surface area contributed by atoms with Gasteiger partial charge in [-0.25, -0.2) is 0 Å². The van der Waals surface area contributed by atoms with Crippen LogP contribution in [0.25, 0.3) is 0 Å². The molecule has 3 aliphatic rings. The number of rotatable bonds is 3. The minimum absolute atomic E-state index is 0. The Morgan fingerprint density at radius 2 is 1.75 bits per heavy atom. The zero-order chi connectivity index (χ0) is 15.4. The lowest BCUT2D eigenvalue weighted by Gasteiger charge is -2.36. The number of carbonyl (C=O) groups is 1. The van der Waals surface area contributed by atoms with Crippen LogP contribution < -0.4 is 5.32 Å². The minimum Gasteiger partial charge on any atom is -0.392 e. The summed E-state index contributed by atoms with van der Waals surface area (Å²) < 4.78 is 0. The molecule has 0 aromatic heterocycles. The van der Waals surface area contributed by atoms with Crippen molar-refractivity contribution in [3.05, 3.63) is 0 Å². The SMILES string of the molecule is Cl.Cl.O=C(C1CC(O)CN1)N1CCCC(CN2CCCCCC2)C1. The van der Waals surface area contributed by atoms with E-state index in [0.29, 0.717) is 18.9 Å². The van der Waals surface area contributed by atoms with Crippen molar-refractivity contribution in [3.63, 3.8) is 0 Å². The van der Waals surface area contributed by atoms with Crippen LogP contribution in [-0.4, -0.2) is 72.2 Å². The van der Waals surface area contributed by atoms with E-state index in [1.165, 1.54) is 45.2 Å². The van der Waals surface area contributed by atoms with Gasteiger partial charge in [0.05, 0.1) is 12.1 Å². The van der Waals surface area contributed by atoms with Crippen LogP contribution >= 0.6 is 24.8 Å². The van der Waals surface area contributed by atoms with Gasteiger partial charge in [0.15, 0.2) is 0 Å². The van der Waals surface area contributed by atoms with Crippen LogP contribution in [0.1, 0.15) is 44.9 Å². The van der Waals surface area contributed by atoms with Gasteiger partial charge in [0.1, 0.15) is 0 Å². The van der Waals surface area contributed by atoms with E-state index in [9.17, 15) is 9.90 Å². The van der Waals surface area contributed by atoms with E-state index in [0.717, 1.165) is 26.1 Å². The zero-order valence-corrected chi connectivity index (χ0v) is 16.1. The fourth-order valence-electron chi connectivity index (χ4n) is 4.22. The minimum atomic E-state index is -0.355. The van der Waals surface area contributed by atoms with Gasteiger partial charge in [0.2, 0.25) is 5.91 Å². The Labute approximate surface area is 158 Å². The number of nitrogens with one attached hydrogen (secondary N) is 1. The number of halogens is 2. The van der Waals surface area contributed by atoms with Gasteiger partial charge in [-0.2, -0.15) is 0 Å². The van der Waals surface area contributed by atoms with Crippen molar-refractivity contribution in [2.75, 3.05) is 39.3 Å². The summed E-state index contributed by atoms with van der Waals surface area (Å²) in [5, 5.41) is 12.8. The molecule has 3 unspecified atom stereocenters. The van der Waals surface area contributed by atoms with Crippen LogP contribution in [0, 0.1) is 5.92 Å². The Morgan fingerprint density at radius 3 is 2.38 bits per heavy atom. The van der Waals surface area contributed by atoms with Gasteiger partial charge in [-0.05, 0) is 51.1 Å². The summed E-state index contributed by atoms with van der Waals surface area (Å²) >= 11 is 0. The van der Waals surface area contributed by atoms with Gasteiger partial charge in [0, 0.05) is 26.2 Å². The number of hydrogen-bond acceptors (Lipinski definition) is 4. The third-order valence-electron chi connectivity index (χ3n) is 5.45. The fourth-order valence-corrected chi connectivity index (χ4v) is 4.22. The molecule has 0 aromatic rings. The number of aliphatic hydroxyl groups excluding tert-OH is 1. The van der Waals surface area contributed by atoms with E-state index in [-0.39, 0.29) is 42.9 Å². The molecule has 3 fully saturated rings. The van der Waals surface area contributed by atoms with Gasteiger partial charge in [-0.15, -0.1) is 24.8 Å². The van der Waals surface area contributed by atoms with E-state index < -0.39 is 0 Å². The lowest BCUT2D eigenvalue weighted by atomic mass is 9.96. The highest BCUT2D eigenvalue weighted by Crippen LogP contribution is 2.21. The predicted octanol–water partition coefficient (Wildman–Crippen LogP) is 1.67. The highest BCUT2D eigenvalue weighted by molar-refractivity contribution is 5.85. The molecule has 3 aliphatic heterocycles. The molecule has 1 amide bonds. The Bertz CT molecular complexity index is 379. The van der Waals surface area contributed by atoms with Crippen molar-refractivity contribution < 1.29 is 9.90 Å². The van der Waals surface area contributed by atoms with Crippen molar-refractivity contribution in [1.29, 1.82) is 0 Å². The van der Waals surface area contributed by atoms with Crippen molar-refractivity contribution in [2.45, 2.75) is 57.1 Å². The van der Waals surface area contributed by atoms with Crippen molar-refractivity contribution in [2.24, 2.45) is 5.92 Å². The summed E-state index contributed by atoms with van der Waals surface area (Å²) in [4.78, 5) is 17.2. The zero-order valence-electron chi connectivity index (χ0n) is 14.5. The fraction of sp³-hybridized carbons (Fsp3) is 0.941. The van der Waals surface area contributed by atoms with E-state index in [1.54, 1.807) is 0 Å². The Kier molecular flexibility index (Phi) is 9.90. The summed E-state index contributed by atoms with van der Waals surface area (Å²) in [6.07, 6.45) is 8.01. The molecule has 0 aromatic carbocycles. The summed E-state index contributed by atoms with van der Waals surface area (Å²) in [5.41, 5.74) is 0. The lowest BCUT2D eigenvalue weighted by Crippen LogP contribution is -2.49. The number of nitrogens with zero attached hydrogens (tertiary/aromatic N) is 2. The molecule has 5 nitrogen and oxygen atoms in total. The highest BCUT2D eigenvalue weighted by atomic mass is 35.5. The molecule has 3 heterocycles. The molecule has 3 rings (SSSR count). The molecule has 3 saturated heterocycles. The second-order valence-corrected chi connectivity index (χ2v) is 7.36. The van der Waals surface area contributed by atoms with Gasteiger partial charge >= 0.3 is 0 Å². The first-order chi connectivity index (χ1) is 10.7. The number of hydrogen-bond donors (Lipinski definition) is 2. The first kappa shape index (κ1) is 22.0. The Morgan fingerprint density at radius 1 is 1.04 bits per heavy atom. The standard InChI is InChI=1S/C17H31N3O2.2ClH/c21-15-10-16(18-11-15)17(22)20-9-5-6-14(13-20)12-19-7-3-1-2-4-8-19;;/h14-16,18,21H,1-13H2;2*1H. The topological polar surface area (TPSA) is 55.8 Å². The quantitative estimate of drug-likeness (QED) is 0.780. The summed E-state index contributed by atoms with van der Waals surface area (Å²) in [6.45, 7) is 5.99. The largest absolute Gasteiger partial charge is 0.392 e. The number of amides is 1. The van der Waals surface area contributed by atoms with Gasteiger partial charge < -0.3 is 20.2 Å². The smallest absolute Gasteiger partial charge is 0.239 e. The average molecular weight is 382 g/mol. The summed E-state index contributed by atoms with van der Waals surface area (Å²) in [5.74, 6) is 0.833. The molecule has 0 bridgehead atoms. The van der Waals surface area contributed by atoms with E-state index in [2.05, 4.69) is 10.2 Å². The Hall–Kier alpha value is -0.0700. The molecule has 0 radical (unpaired) electrons. The number of carbonyl (C=O) groups excluding carboxylic acids is 1. The normalized spacial score (nSPS) is 31.7. The lowest BCUT2D eigenvalue weighted by molar-refractivity contribution is -0.135. The van der Waals surface area contributed by atoms with Crippen LogP contribution in [0.15, 0.2) is 0 Å². The molecule has 3 atom stereocenters. The number of piperidine rings is 1. The van der Waals surface area contributed by atoms with Gasteiger partial charge in [0.25, 0.3) is 0 Å². The predicted molar refractivity (Wildman–Crippen MR) is 101 cm³/mol. The van der Waals surface area contributed by atoms with Crippen LogP contribution in [-0.2, 0) is 4.79 Å². The van der Waals surface area contributed by atoms with Gasteiger partial charge in [-0.3, -0.25) is 4.79 Å². The molecule has 24 heavy (non-hydrogen) atoms. The van der Waals surface area contributed by atoms with E-state index in [1.807, 2.05) is 4.90 Å². The second kappa shape index (κ2) is 10.8. The van der Waals surface area contributed by atoms with Gasteiger partial charge in [-0.1, -0.05) is 12.8 Å². The van der Waals surface area contributed by atoms with Crippen LogP contribution in [0.2, 0.25) is 0 Å². The number of likely N-dealkylation sites (tertiary alicyclic amines) is 2. The average Bonchev–Trinajstić information content (AvgIpc) is 2.80. The first-order valence-corrected chi connectivity index (χ1v) is 9.15.